The van der Waals surface area contributed by atoms with Gasteiger partial charge in [0.15, 0.2) is 0 Å². The van der Waals surface area contributed by atoms with E-state index >= 15 is 0 Å². The molecular formula is C24H32N6O2. The predicted molar refractivity (Wildman–Crippen MR) is 122 cm³/mol. The second-order valence-electron chi connectivity index (χ2n) is 9.40. The summed E-state index contributed by atoms with van der Waals surface area (Å²) in [6.45, 7) is 3.89. The summed E-state index contributed by atoms with van der Waals surface area (Å²) < 4.78 is 2.01. The molecule has 2 aromatic rings. The molecule has 0 bridgehead atoms. The smallest absolute Gasteiger partial charge is 0.258 e. The van der Waals surface area contributed by atoms with Gasteiger partial charge in [-0.2, -0.15) is 5.10 Å². The molecule has 1 saturated carbocycles. The van der Waals surface area contributed by atoms with Gasteiger partial charge in [-0.25, -0.2) is 4.98 Å². The SMILES string of the molecule is CC(=O)N1CCC(n2cc(-c3cnc(N)c4c3CCN(C3CCCCC3)C4=O)cn2)CC1. The lowest BCUT2D eigenvalue weighted by Gasteiger charge is -2.38. The molecule has 0 radical (unpaired) electrons. The highest BCUT2D eigenvalue weighted by Crippen LogP contribution is 2.35. The molecule has 2 aliphatic heterocycles. The Morgan fingerprint density at radius 1 is 1.03 bits per heavy atom. The van der Waals surface area contributed by atoms with E-state index in [-0.39, 0.29) is 17.9 Å². The van der Waals surface area contributed by atoms with Gasteiger partial charge in [0.2, 0.25) is 5.91 Å². The van der Waals surface area contributed by atoms with E-state index in [0.717, 1.165) is 68.4 Å². The third kappa shape index (κ3) is 3.76. The summed E-state index contributed by atoms with van der Waals surface area (Å²) in [7, 11) is 0. The molecule has 32 heavy (non-hydrogen) atoms. The fraction of sp³-hybridized carbons (Fsp3) is 0.583. The van der Waals surface area contributed by atoms with Gasteiger partial charge >= 0.3 is 0 Å². The molecule has 8 heteroatoms. The molecule has 0 unspecified atom stereocenters. The molecule has 4 heterocycles. The second kappa shape index (κ2) is 8.56. The van der Waals surface area contributed by atoms with Crippen LogP contribution in [0.25, 0.3) is 11.1 Å². The van der Waals surface area contributed by atoms with Gasteiger partial charge in [0, 0.05) is 56.1 Å². The lowest BCUT2D eigenvalue weighted by atomic mass is 9.89. The number of pyridine rings is 1. The molecule has 170 valence electrons. The number of nitrogen functional groups attached to an aromatic ring is 1. The minimum atomic E-state index is 0.0361. The van der Waals surface area contributed by atoms with Gasteiger partial charge in [0.1, 0.15) is 5.82 Å². The minimum Gasteiger partial charge on any atom is -0.383 e. The molecule has 2 N–H and O–H groups in total. The van der Waals surface area contributed by atoms with Gasteiger partial charge in [-0.1, -0.05) is 19.3 Å². The van der Waals surface area contributed by atoms with Crippen LogP contribution in [0.2, 0.25) is 0 Å². The monoisotopic (exact) mass is 436 g/mol. The Morgan fingerprint density at radius 2 is 1.78 bits per heavy atom. The maximum absolute atomic E-state index is 13.4. The van der Waals surface area contributed by atoms with Gasteiger partial charge in [-0.05, 0) is 37.7 Å². The van der Waals surface area contributed by atoms with Crippen LogP contribution in [0.15, 0.2) is 18.6 Å². The Kier molecular flexibility index (Phi) is 5.61. The maximum Gasteiger partial charge on any atom is 0.258 e. The summed E-state index contributed by atoms with van der Waals surface area (Å²) in [6.07, 6.45) is 14.1. The highest BCUT2D eigenvalue weighted by atomic mass is 16.2. The van der Waals surface area contributed by atoms with Gasteiger partial charge in [-0.3, -0.25) is 14.3 Å². The quantitative estimate of drug-likeness (QED) is 0.798. The molecule has 3 aliphatic rings. The number of likely N-dealkylation sites (tertiary alicyclic amines) is 1. The van der Waals surface area contributed by atoms with Crippen LogP contribution in [0.4, 0.5) is 5.82 Å². The summed E-state index contributed by atoms with van der Waals surface area (Å²) in [4.78, 5) is 33.3. The van der Waals surface area contributed by atoms with Crippen molar-refractivity contribution in [3.8, 4) is 11.1 Å². The number of amides is 2. The van der Waals surface area contributed by atoms with Crippen LogP contribution in [-0.2, 0) is 11.2 Å². The third-order valence-electron chi connectivity index (χ3n) is 7.51. The lowest BCUT2D eigenvalue weighted by Crippen LogP contribution is -2.46. The summed E-state index contributed by atoms with van der Waals surface area (Å²) in [5.74, 6) is 0.503. The van der Waals surface area contributed by atoms with E-state index in [1.165, 1.54) is 19.3 Å². The number of hydrogen-bond acceptors (Lipinski definition) is 5. The fourth-order valence-corrected chi connectivity index (χ4v) is 5.65. The van der Waals surface area contributed by atoms with Crippen molar-refractivity contribution in [3.05, 3.63) is 29.7 Å². The highest BCUT2D eigenvalue weighted by molar-refractivity contribution is 6.02. The van der Waals surface area contributed by atoms with Crippen molar-refractivity contribution in [2.24, 2.45) is 0 Å². The van der Waals surface area contributed by atoms with E-state index < -0.39 is 0 Å². The number of rotatable bonds is 3. The number of nitrogens with zero attached hydrogens (tertiary/aromatic N) is 5. The van der Waals surface area contributed by atoms with Crippen LogP contribution in [-0.4, -0.2) is 62.1 Å². The largest absolute Gasteiger partial charge is 0.383 e. The number of hydrogen-bond donors (Lipinski definition) is 1. The van der Waals surface area contributed by atoms with E-state index in [1.807, 2.05) is 20.7 Å². The zero-order chi connectivity index (χ0) is 22.2. The first-order valence-corrected chi connectivity index (χ1v) is 11.9. The van der Waals surface area contributed by atoms with Crippen LogP contribution in [0.1, 0.15) is 73.8 Å². The molecule has 5 rings (SSSR count). The van der Waals surface area contributed by atoms with Crippen LogP contribution in [0.3, 0.4) is 0 Å². The summed E-state index contributed by atoms with van der Waals surface area (Å²) >= 11 is 0. The second-order valence-corrected chi connectivity index (χ2v) is 9.40. The standard InChI is InChI=1S/C24H32N6O2/c1-16(31)28-10-7-19(8-11-28)30-15-17(13-27-30)21-14-26-23(25)22-20(21)9-12-29(24(22)32)18-5-3-2-4-6-18/h13-15,18-19H,2-12H2,1H3,(H2,25,26). The Bertz CT molecular complexity index is 1020. The topological polar surface area (TPSA) is 97.4 Å². The molecular weight excluding hydrogens is 404 g/mol. The van der Waals surface area contributed by atoms with Crippen molar-refractivity contribution < 1.29 is 9.59 Å². The van der Waals surface area contributed by atoms with E-state index in [4.69, 9.17) is 5.73 Å². The summed E-state index contributed by atoms with van der Waals surface area (Å²) in [5, 5.41) is 4.62. The van der Waals surface area contributed by atoms with E-state index in [2.05, 4.69) is 16.3 Å². The van der Waals surface area contributed by atoms with E-state index in [0.29, 0.717) is 17.4 Å². The van der Waals surface area contributed by atoms with Crippen molar-refractivity contribution in [2.45, 2.75) is 70.4 Å². The van der Waals surface area contributed by atoms with Crippen molar-refractivity contribution in [1.82, 2.24) is 24.6 Å². The average Bonchev–Trinajstić information content (AvgIpc) is 3.30. The van der Waals surface area contributed by atoms with Crippen molar-refractivity contribution >= 4 is 17.6 Å². The van der Waals surface area contributed by atoms with Gasteiger partial charge < -0.3 is 15.5 Å². The van der Waals surface area contributed by atoms with Gasteiger partial charge in [0.25, 0.3) is 5.91 Å². The van der Waals surface area contributed by atoms with Gasteiger partial charge in [0.05, 0.1) is 17.8 Å². The Hall–Kier alpha value is -2.90. The maximum atomic E-state index is 13.4. The van der Waals surface area contributed by atoms with Crippen molar-refractivity contribution in [2.75, 3.05) is 25.4 Å². The normalized spacial score (nSPS) is 20.5. The predicted octanol–water partition coefficient (Wildman–Crippen LogP) is 3.04. The summed E-state index contributed by atoms with van der Waals surface area (Å²) in [6, 6.07) is 0.608. The molecule has 0 atom stereocenters. The fourth-order valence-electron chi connectivity index (χ4n) is 5.65. The van der Waals surface area contributed by atoms with Gasteiger partial charge in [-0.15, -0.1) is 0 Å². The van der Waals surface area contributed by atoms with Crippen LogP contribution >= 0.6 is 0 Å². The first kappa shape index (κ1) is 21.0. The number of anilines is 1. The molecule has 2 aromatic heterocycles. The van der Waals surface area contributed by atoms with Crippen LogP contribution < -0.4 is 5.73 Å². The lowest BCUT2D eigenvalue weighted by molar-refractivity contribution is -0.130. The molecule has 1 saturated heterocycles. The molecule has 1 aliphatic carbocycles. The van der Waals surface area contributed by atoms with E-state index in [9.17, 15) is 9.59 Å². The number of nitrogens with two attached hydrogens (primary N) is 1. The molecule has 2 amide bonds. The van der Waals surface area contributed by atoms with E-state index in [1.54, 1.807) is 13.1 Å². The van der Waals surface area contributed by atoms with Crippen LogP contribution in [0.5, 0.6) is 0 Å². The van der Waals surface area contributed by atoms with Crippen LogP contribution in [0, 0.1) is 0 Å². The molecule has 0 spiro atoms. The Labute approximate surface area is 188 Å². The first-order valence-electron chi connectivity index (χ1n) is 11.9. The Balaban J connectivity index is 1.39. The molecule has 2 fully saturated rings. The third-order valence-corrected chi connectivity index (χ3v) is 7.51. The van der Waals surface area contributed by atoms with Crippen molar-refractivity contribution in [1.29, 1.82) is 0 Å². The zero-order valence-electron chi connectivity index (χ0n) is 18.8. The van der Waals surface area contributed by atoms with Crippen molar-refractivity contribution in [3.63, 3.8) is 0 Å². The summed E-state index contributed by atoms with van der Waals surface area (Å²) in [5.41, 5.74) is 9.73. The number of aromatic nitrogens is 3. The average molecular weight is 437 g/mol. The first-order chi connectivity index (χ1) is 15.5. The number of carbonyl (C=O) groups excluding carboxylic acids is 2. The Morgan fingerprint density at radius 3 is 2.50 bits per heavy atom. The zero-order valence-corrected chi connectivity index (χ0v) is 18.8. The molecule has 0 aromatic carbocycles. The number of piperidine rings is 1. The molecule has 8 nitrogen and oxygen atoms in total. The number of fused-ring (bicyclic) bond motifs is 1. The minimum absolute atomic E-state index is 0.0361. The number of carbonyl (C=O) groups is 2. The highest BCUT2D eigenvalue weighted by Gasteiger charge is 2.34.